The van der Waals surface area contributed by atoms with Crippen molar-refractivity contribution in [3.63, 3.8) is 0 Å². The Morgan fingerprint density at radius 1 is 1.00 bits per heavy atom. The average Bonchev–Trinajstić information content (AvgIpc) is 2.88. The highest BCUT2D eigenvalue weighted by Crippen LogP contribution is 2.40. The lowest BCUT2D eigenvalue weighted by Crippen LogP contribution is -2.25. The number of aliphatic hydroxyl groups excluding tert-OH is 2. The Hall–Kier alpha value is -2.46. The smallest absolute Gasteiger partial charge is 0.290 e. The molecule has 0 aliphatic heterocycles. The molecule has 0 radical (unpaired) electrons. The maximum absolute atomic E-state index is 13.1. The van der Waals surface area contributed by atoms with Crippen LogP contribution in [0.25, 0.3) is 11.1 Å². The summed E-state index contributed by atoms with van der Waals surface area (Å²) >= 11 is 0. The molecule has 1 aliphatic rings. The minimum absolute atomic E-state index is 0.192. The molecule has 0 aromatic heterocycles. The van der Waals surface area contributed by atoms with Gasteiger partial charge in [0.05, 0.1) is 23.1 Å². The molecule has 1 unspecified atom stereocenters. The summed E-state index contributed by atoms with van der Waals surface area (Å²) in [4.78, 5) is 8.36. The molecule has 228 valence electrons. The Bertz CT molecular complexity index is 1120. The summed E-state index contributed by atoms with van der Waals surface area (Å²) < 4.78 is 35.5. The number of ether oxygens (including phenoxy) is 1. The number of sulfonamides is 1. The lowest BCUT2D eigenvalue weighted by molar-refractivity contribution is -0.122. The fourth-order valence-corrected chi connectivity index (χ4v) is 6.71. The number of benzene rings is 2. The van der Waals surface area contributed by atoms with E-state index >= 15 is 0 Å². The van der Waals surface area contributed by atoms with Crippen LogP contribution < -0.4 is 4.72 Å². The van der Waals surface area contributed by atoms with Gasteiger partial charge in [-0.3, -0.25) is 9.52 Å². The number of aliphatic hydroxyl groups is 2. The van der Waals surface area contributed by atoms with Crippen LogP contribution in [0.15, 0.2) is 30.3 Å². The van der Waals surface area contributed by atoms with Gasteiger partial charge in [-0.1, -0.05) is 49.1 Å². The molecular formula is C31H51NO7S. The topological polar surface area (TPSA) is 133 Å². The first-order valence-electron chi connectivity index (χ1n) is 13.6. The Kier molecular flexibility index (Phi) is 17.0. The molecule has 40 heavy (non-hydrogen) atoms. The first-order chi connectivity index (χ1) is 18.8. The average molecular weight is 582 g/mol. The van der Waals surface area contributed by atoms with Gasteiger partial charge in [-0.25, -0.2) is 8.42 Å². The zero-order chi connectivity index (χ0) is 31.1. The van der Waals surface area contributed by atoms with Crippen LogP contribution >= 0.6 is 0 Å². The van der Waals surface area contributed by atoms with E-state index in [4.69, 9.17) is 24.9 Å². The van der Waals surface area contributed by atoms with E-state index < -0.39 is 10.0 Å². The van der Waals surface area contributed by atoms with Crippen LogP contribution in [0.1, 0.15) is 88.2 Å². The van der Waals surface area contributed by atoms with Crippen molar-refractivity contribution in [3.8, 4) is 11.1 Å². The van der Waals surface area contributed by atoms with Gasteiger partial charge >= 0.3 is 0 Å². The molecule has 0 heterocycles. The zero-order valence-corrected chi connectivity index (χ0v) is 26.6. The standard InChI is InChI=1S/C28H41NO3S.CH2O2.2CH4O/c1-19-13-15-24(16-14-19)26-20(2)17-25(21(3)27(26)22(4)32-28(5,6)7)29-33(30,31)18-23-11-9-8-10-12-23;2-1-3;2*1-2/h13-17,22-23,29H,8-12,18H2,1-7H3;1H,(H,2,3);2*2H,1H3. The number of rotatable bonds is 7. The highest BCUT2D eigenvalue weighted by atomic mass is 32.2. The van der Waals surface area contributed by atoms with Crippen LogP contribution in [-0.4, -0.2) is 55.8 Å². The second-order valence-corrected chi connectivity index (χ2v) is 12.7. The van der Waals surface area contributed by atoms with E-state index in [1.165, 1.54) is 12.0 Å². The SMILES string of the molecule is CO.CO.Cc1ccc(-c2c(C)cc(NS(=O)(=O)CC3CCCCC3)c(C)c2C(C)OC(C)(C)C)cc1.O=CO. The Labute approximate surface area is 241 Å². The first-order valence-corrected chi connectivity index (χ1v) is 15.3. The first kappa shape index (κ1) is 37.5. The maximum Gasteiger partial charge on any atom is 0.290 e. The second kappa shape index (κ2) is 18.1. The Morgan fingerprint density at radius 3 is 1.98 bits per heavy atom. The highest BCUT2D eigenvalue weighted by Gasteiger charge is 2.27. The van der Waals surface area contributed by atoms with Crippen LogP contribution in [0.2, 0.25) is 0 Å². The second-order valence-electron chi connectivity index (χ2n) is 10.9. The van der Waals surface area contributed by atoms with E-state index in [9.17, 15) is 8.42 Å². The van der Waals surface area contributed by atoms with Gasteiger partial charge in [0, 0.05) is 14.2 Å². The van der Waals surface area contributed by atoms with Crippen molar-refractivity contribution in [2.75, 3.05) is 24.7 Å². The zero-order valence-electron chi connectivity index (χ0n) is 25.7. The van der Waals surface area contributed by atoms with Crippen molar-refractivity contribution >= 4 is 22.2 Å². The highest BCUT2D eigenvalue weighted by molar-refractivity contribution is 7.92. The number of carbonyl (C=O) groups is 1. The van der Waals surface area contributed by atoms with Gasteiger partial charge in [-0.2, -0.15) is 0 Å². The van der Waals surface area contributed by atoms with E-state index in [2.05, 4.69) is 49.8 Å². The van der Waals surface area contributed by atoms with Crippen LogP contribution in [0.4, 0.5) is 5.69 Å². The van der Waals surface area contributed by atoms with Crippen molar-refractivity contribution in [1.82, 2.24) is 0 Å². The quantitative estimate of drug-likeness (QED) is 0.278. The lowest BCUT2D eigenvalue weighted by Gasteiger charge is -2.30. The van der Waals surface area contributed by atoms with Gasteiger partial charge in [0.2, 0.25) is 10.0 Å². The number of anilines is 1. The van der Waals surface area contributed by atoms with Gasteiger partial charge < -0.3 is 20.1 Å². The summed E-state index contributed by atoms with van der Waals surface area (Å²) in [7, 11) is -1.43. The maximum atomic E-state index is 13.1. The Balaban J connectivity index is 0.00000199. The number of hydrogen-bond donors (Lipinski definition) is 4. The number of hydrogen-bond acceptors (Lipinski definition) is 6. The van der Waals surface area contributed by atoms with Gasteiger partial charge in [-0.05, 0) is 101 Å². The van der Waals surface area contributed by atoms with Crippen LogP contribution in [-0.2, 0) is 19.6 Å². The van der Waals surface area contributed by atoms with Gasteiger partial charge in [-0.15, -0.1) is 0 Å². The molecular weight excluding hydrogens is 530 g/mol. The predicted molar refractivity (Wildman–Crippen MR) is 164 cm³/mol. The molecule has 1 fully saturated rings. The van der Waals surface area contributed by atoms with Crippen LogP contribution in [0.3, 0.4) is 0 Å². The van der Waals surface area contributed by atoms with Crippen molar-refractivity contribution in [3.05, 3.63) is 52.6 Å². The third-order valence-electron chi connectivity index (χ3n) is 6.55. The summed E-state index contributed by atoms with van der Waals surface area (Å²) in [5.41, 5.74) is 6.82. The molecule has 2 aromatic rings. The van der Waals surface area contributed by atoms with Gasteiger partial charge in [0.1, 0.15) is 0 Å². The summed E-state index contributed by atoms with van der Waals surface area (Å²) in [5.74, 6) is 0.460. The minimum Gasteiger partial charge on any atom is -0.483 e. The number of nitrogens with one attached hydrogen (secondary N) is 1. The van der Waals surface area contributed by atoms with Crippen LogP contribution in [0, 0.1) is 26.7 Å². The van der Waals surface area contributed by atoms with E-state index in [1.54, 1.807) is 0 Å². The molecule has 8 nitrogen and oxygen atoms in total. The van der Waals surface area contributed by atoms with Crippen LogP contribution in [0.5, 0.6) is 0 Å². The van der Waals surface area contributed by atoms with Gasteiger partial charge in [0.15, 0.2) is 0 Å². The van der Waals surface area contributed by atoms with Crippen molar-refractivity contribution in [2.45, 2.75) is 92.3 Å². The normalized spacial score (nSPS) is 14.3. The largest absolute Gasteiger partial charge is 0.483 e. The number of carboxylic acid groups (broad SMARTS) is 1. The molecule has 0 saturated heterocycles. The summed E-state index contributed by atoms with van der Waals surface area (Å²) in [6.45, 7) is 14.1. The number of aryl methyl sites for hydroxylation is 2. The third kappa shape index (κ3) is 12.4. The van der Waals surface area contributed by atoms with Crippen molar-refractivity contribution in [1.29, 1.82) is 0 Å². The van der Waals surface area contributed by atoms with Crippen molar-refractivity contribution in [2.24, 2.45) is 5.92 Å². The fraction of sp³-hybridized carbons (Fsp3) is 0.581. The predicted octanol–water partition coefficient (Wildman–Crippen LogP) is 6.39. The van der Waals surface area contributed by atoms with E-state index in [1.807, 2.05) is 33.8 Å². The molecule has 2 aromatic carbocycles. The molecule has 4 N–H and O–H groups in total. The molecule has 9 heteroatoms. The molecule has 1 saturated carbocycles. The van der Waals surface area contributed by atoms with E-state index in [0.717, 1.165) is 67.7 Å². The fourth-order valence-electron chi connectivity index (χ4n) is 5.12. The lowest BCUT2D eigenvalue weighted by atomic mass is 9.88. The molecule has 0 spiro atoms. The summed E-state index contributed by atoms with van der Waals surface area (Å²) in [6, 6.07) is 10.5. The van der Waals surface area contributed by atoms with Crippen molar-refractivity contribution < 1.29 is 33.3 Å². The Morgan fingerprint density at radius 2 is 1.50 bits per heavy atom. The molecule has 1 atom stereocenters. The van der Waals surface area contributed by atoms with Gasteiger partial charge in [0.25, 0.3) is 6.47 Å². The summed E-state index contributed by atoms with van der Waals surface area (Å²) in [6.07, 6.45) is 5.31. The molecule has 1 aliphatic carbocycles. The monoisotopic (exact) mass is 581 g/mol. The molecule has 0 bridgehead atoms. The summed E-state index contributed by atoms with van der Waals surface area (Å²) in [5, 5.41) is 20.9. The molecule has 0 amide bonds. The molecule has 3 rings (SSSR count). The van der Waals surface area contributed by atoms with E-state index in [-0.39, 0.29) is 29.8 Å². The minimum atomic E-state index is -3.43. The van der Waals surface area contributed by atoms with E-state index in [0.29, 0.717) is 5.69 Å². The third-order valence-corrected chi connectivity index (χ3v) is 8.00.